The van der Waals surface area contributed by atoms with Gasteiger partial charge in [-0.1, -0.05) is 6.92 Å². The van der Waals surface area contributed by atoms with E-state index in [0.717, 1.165) is 61.1 Å². The Balaban J connectivity index is 1.38. The van der Waals surface area contributed by atoms with Crippen molar-refractivity contribution >= 4 is 39.0 Å². The lowest BCUT2D eigenvalue weighted by Crippen LogP contribution is -2.60. The highest BCUT2D eigenvalue weighted by Gasteiger charge is 2.26. The Kier molecular flexibility index (Phi) is 4.61. The van der Waals surface area contributed by atoms with Crippen LogP contribution in [0.2, 0.25) is 0 Å². The van der Waals surface area contributed by atoms with Gasteiger partial charge in [-0.25, -0.2) is 4.98 Å². The quantitative estimate of drug-likeness (QED) is 0.640. The fourth-order valence-corrected chi connectivity index (χ4v) is 5.21. The number of carbonyl (C=O) groups excluding carboxylic acids is 1. The number of fused-ring (bicyclic) bond motifs is 2. The van der Waals surface area contributed by atoms with Gasteiger partial charge in [-0.2, -0.15) is 5.01 Å². The van der Waals surface area contributed by atoms with Crippen LogP contribution in [0.25, 0.3) is 10.2 Å². The van der Waals surface area contributed by atoms with E-state index in [-0.39, 0.29) is 5.91 Å². The molecule has 1 atom stereocenters. The molecule has 1 amide bonds. The fraction of sp³-hybridized carbons (Fsp3) is 0.500. The van der Waals surface area contributed by atoms with Crippen LogP contribution in [0.1, 0.15) is 53.5 Å². The number of nitrogens with zero attached hydrogens (tertiary/aromatic N) is 4. The van der Waals surface area contributed by atoms with E-state index in [2.05, 4.69) is 28.6 Å². The van der Waals surface area contributed by atoms with E-state index in [0.29, 0.717) is 22.4 Å². The maximum atomic E-state index is 12.8. The summed E-state index contributed by atoms with van der Waals surface area (Å²) in [5.41, 5.74) is 9.21. The summed E-state index contributed by atoms with van der Waals surface area (Å²) < 4.78 is 5.30. The van der Waals surface area contributed by atoms with Crippen LogP contribution in [0.3, 0.4) is 0 Å². The minimum Gasteiger partial charge on any atom is -0.397 e. The lowest BCUT2D eigenvalue weighted by Gasteiger charge is -2.20. The molecule has 2 aliphatic rings. The molecule has 1 aliphatic carbocycles. The summed E-state index contributed by atoms with van der Waals surface area (Å²) in [6.07, 6.45) is 8.36. The number of pyridine rings is 1. The minimum absolute atomic E-state index is 0.293. The number of hydrogen-bond donors (Lipinski definition) is 2. The summed E-state index contributed by atoms with van der Waals surface area (Å²) in [6.45, 7) is 4.13. The molecule has 4 heterocycles. The van der Waals surface area contributed by atoms with E-state index >= 15 is 0 Å². The number of aromatic nitrogens is 3. The van der Waals surface area contributed by atoms with Gasteiger partial charge >= 0.3 is 5.88 Å². The van der Waals surface area contributed by atoms with Crippen LogP contribution in [-0.4, -0.2) is 29.3 Å². The number of carbonyl (C=O) groups is 1. The van der Waals surface area contributed by atoms with Gasteiger partial charge in [0.05, 0.1) is 23.6 Å². The third-order valence-electron chi connectivity index (χ3n) is 5.85. The molecule has 0 spiro atoms. The number of nitrogen functional groups attached to an aromatic ring is 1. The van der Waals surface area contributed by atoms with Crippen LogP contribution >= 0.6 is 11.3 Å². The van der Waals surface area contributed by atoms with Gasteiger partial charge in [0, 0.05) is 11.1 Å². The van der Waals surface area contributed by atoms with Crippen molar-refractivity contribution in [1.29, 1.82) is 0 Å². The van der Waals surface area contributed by atoms with Gasteiger partial charge in [0.15, 0.2) is 0 Å². The van der Waals surface area contributed by atoms with Crippen molar-refractivity contribution in [3.8, 4) is 0 Å². The standard InChI is InChI=1S/C20H24N6O2S/c1-12-5-6-15-13(9-12)10-14-17(21)18(29-20(14)22-15)19(27)23-16-11-26(24-28-16)25-7-3-2-4-8-25/h10-12H,2-9H2,1H3,(H2-,21,23,24,27)/p+1. The molecule has 0 aromatic carbocycles. The third kappa shape index (κ3) is 3.43. The van der Waals surface area contributed by atoms with Crippen molar-refractivity contribution in [2.75, 3.05) is 29.1 Å². The zero-order valence-corrected chi connectivity index (χ0v) is 17.3. The predicted molar refractivity (Wildman–Crippen MR) is 112 cm³/mol. The number of rotatable bonds is 3. The number of hydrogen-bond acceptors (Lipinski definition) is 7. The van der Waals surface area contributed by atoms with Crippen LogP contribution in [0.4, 0.5) is 11.6 Å². The second kappa shape index (κ2) is 7.29. The molecular formula is C20H25N6O2S+. The second-order valence-corrected chi connectivity index (χ2v) is 9.09. The fourth-order valence-electron chi connectivity index (χ4n) is 4.22. The normalized spacial score (nSPS) is 19.3. The summed E-state index contributed by atoms with van der Waals surface area (Å²) in [5, 5.41) is 9.78. The van der Waals surface area contributed by atoms with Crippen molar-refractivity contribution in [3.05, 3.63) is 28.4 Å². The third-order valence-corrected chi connectivity index (χ3v) is 6.97. The molecule has 1 saturated heterocycles. The van der Waals surface area contributed by atoms with Gasteiger partial charge in [0.25, 0.3) is 12.1 Å². The Morgan fingerprint density at radius 1 is 1.38 bits per heavy atom. The molecule has 3 N–H and O–H groups in total. The average molecular weight is 414 g/mol. The Labute approximate surface area is 172 Å². The Morgan fingerprint density at radius 3 is 3.03 bits per heavy atom. The van der Waals surface area contributed by atoms with Crippen LogP contribution in [0, 0.1) is 5.92 Å². The van der Waals surface area contributed by atoms with Crippen LogP contribution in [0.15, 0.2) is 16.8 Å². The molecule has 8 nitrogen and oxygen atoms in total. The van der Waals surface area contributed by atoms with Gasteiger partial charge in [-0.05, 0) is 56.1 Å². The van der Waals surface area contributed by atoms with Crippen molar-refractivity contribution in [1.82, 2.24) is 10.3 Å². The SMILES string of the molecule is CC1CCc2nc3sc(C(=O)Nc4c[n+](N5CCCCC5)no4)c(N)c3cc2C1. The van der Waals surface area contributed by atoms with E-state index < -0.39 is 0 Å². The monoisotopic (exact) mass is 413 g/mol. The van der Waals surface area contributed by atoms with E-state index in [1.54, 1.807) is 11.0 Å². The molecule has 0 saturated carbocycles. The first-order chi connectivity index (χ1) is 14.1. The lowest BCUT2D eigenvalue weighted by molar-refractivity contribution is -0.759. The summed E-state index contributed by atoms with van der Waals surface area (Å²) in [5.74, 6) is 0.666. The zero-order valence-electron chi connectivity index (χ0n) is 16.5. The Bertz CT molecular complexity index is 1070. The molecule has 9 heteroatoms. The first-order valence-corrected chi connectivity index (χ1v) is 11.1. The molecule has 0 radical (unpaired) electrons. The highest BCUT2D eigenvalue weighted by Crippen LogP contribution is 2.36. The minimum atomic E-state index is -0.293. The van der Waals surface area contributed by atoms with Crippen LogP contribution in [-0.2, 0) is 12.8 Å². The van der Waals surface area contributed by atoms with E-state index in [4.69, 9.17) is 15.2 Å². The summed E-state index contributed by atoms with van der Waals surface area (Å²) in [4.78, 5) is 20.6. The topological polar surface area (TPSA) is 101 Å². The molecule has 3 aromatic rings. The van der Waals surface area contributed by atoms with Crippen molar-refractivity contribution in [2.45, 2.75) is 45.4 Å². The van der Waals surface area contributed by atoms with Crippen LogP contribution < -0.4 is 20.9 Å². The maximum Gasteiger partial charge on any atom is 0.306 e. The second-order valence-electron chi connectivity index (χ2n) is 8.09. The number of amides is 1. The molecule has 1 fully saturated rings. The predicted octanol–water partition coefficient (Wildman–Crippen LogP) is 2.65. The van der Waals surface area contributed by atoms with E-state index in [9.17, 15) is 4.79 Å². The van der Waals surface area contributed by atoms with Gasteiger partial charge in [0.2, 0.25) is 5.27 Å². The first kappa shape index (κ1) is 18.4. The van der Waals surface area contributed by atoms with Gasteiger partial charge in [0.1, 0.15) is 9.71 Å². The molecular weight excluding hydrogens is 388 g/mol. The highest BCUT2D eigenvalue weighted by molar-refractivity contribution is 7.21. The molecule has 152 valence electrons. The molecule has 5 rings (SSSR count). The molecule has 1 unspecified atom stereocenters. The molecule has 0 bridgehead atoms. The zero-order chi connectivity index (χ0) is 20.0. The first-order valence-electron chi connectivity index (χ1n) is 10.2. The smallest absolute Gasteiger partial charge is 0.306 e. The summed E-state index contributed by atoms with van der Waals surface area (Å²) in [7, 11) is 0. The Hall–Kier alpha value is -2.68. The summed E-state index contributed by atoms with van der Waals surface area (Å²) >= 11 is 1.33. The van der Waals surface area contributed by atoms with Gasteiger partial charge < -0.3 is 5.73 Å². The maximum absolute atomic E-state index is 12.8. The molecule has 3 aromatic heterocycles. The average Bonchev–Trinajstić information content (AvgIpc) is 3.32. The largest absolute Gasteiger partial charge is 0.397 e. The van der Waals surface area contributed by atoms with Gasteiger partial charge in [-0.3, -0.25) is 14.6 Å². The van der Waals surface area contributed by atoms with Crippen LogP contribution in [0.5, 0.6) is 0 Å². The lowest BCUT2D eigenvalue weighted by atomic mass is 9.87. The number of nitrogens with two attached hydrogens (primary N) is 1. The highest BCUT2D eigenvalue weighted by atomic mass is 32.1. The van der Waals surface area contributed by atoms with Gasteiger partial charge in [-0.15, -0.1) is 11.3 Å². The van der Waals surface area contributed by atoms with Crippen molar-refractivity contribution in [2.24, 2.45) is 5.92 Å². The number of nitrogens with one attached hydrogen (secondary N) is 1. The number of piperidine rings is 1. The number of thiophene rings is 1. The number of aryl methyl sites for hydroxylation is 1. The summed E-state index contributed by atoms with van der Waals surface area (Å²) in [6, 6.07) is 2.12. The van der Waals surface area contributed by atoms with Crippen molar-refractivity contribution in [3.63, 3.8) is 0 Å². The molecule has 29 heavy (non-hydrogen) atoms. The molecule has 1 aliphatic heterocycles. The van der Waals surface area contributed by atoms with E-state index in [1.807, 2.05) is 0 Å². The number of anilines is 2. The van der Waals surface area contributed by atoms with E-state index in [1.165, 1.54) is 23.3 Å². The Morgan fingerprint density at radius 2 is 2.21 bits per heavy atom. The van der Waals surface area contributed by atoms with Crippen molar-refractivity contribution < 1.29 is 14.1 Å².